The van der Waals surface area contributed by atoms with Crippen molar-refractivity contribution in [2.45, 2.75) is 13.3 Å². The van der Waals surface area contributed by atoms with Crippen LogP contribution in [0.3, 0.4) is 0 Å². The van der Waals surface area contributed by atoms with E-state index in [-0.39, 0.29) is 11.0 Å². The van der Waals surface area contributed by atoms with Gasteiger partial charge in [0.05, 0.1) is 7.11 Å². The van der Waals surface area contributed by atoms with Gasteiger partial charge in [-0.05, 0) is 72.7 Å². The first-order valence-corrected chi connectivity index (χ1v) is 10.1. The number of thiocarbonyl (C=S) groups is 1. The number of hydrogen-bond donors (Lipinski definition) is 2. The fourth-order valence-corrected chi connectivity index (χ4v) is 3.35. The molecule has 1 amide bonds. The van der Waals surface area contributed by atoms with E-state index in [1.54, 1.807) is 31.4 Å². The van der Waals surface area contributed by atoms with Gasteiger partial charge in [-0.1, -0.05) is 24.3 Å². The van der Waals surface area contributed by atoms with E-state index >= 15 is 0 Å². The minimum Gasteiger partial charge on any atom is -0.497 e. The van der Waals surface area contributed by atoms with Gasteiger partial charge in [-0.25, -0.2) is 4.98 Å². The van der Waals surface area contributed by atoms with Gasteiger partial charge in [-0.2, -0.15) is 0 Å². The minimum atomic E-state index is -0.306. The molecule has 0 bridgehead atoms. The SMILES string of the molecule is COc1cccc(C(=O)NC(=S)Nc2ccc(Cc3nc4cc(C)ccc4o3)cc2)c1. The quantitative estimate of drug-likeness (QED) is 0.440. The third-order valence-corrected chi connectivity index (χ3v) is 4.92. The van der Waals surface area contributed by atoms with E-state index in [0.717, 1.165) is 27.9 Å². The number of aryl methyl sites for hydroxylation is 1. The number of nitrogens with one attached hydrogen (secondary N) is 2. The normalized spacial score (nSPS) is 10.6. The number of benzene rings is 3. The zero-order valence-electron chi connectivity index (χ0n) is 17.1. The van der Waals surface area contributed by atoms with E-state index < -0.39 is 0 Å². The van der Waals surface area contributed by atoms with Crippen molar-refractivity contribution in [3.63, 3.8) is 0 Å². The summed E-state index contributed by atoms with van der Waals surface area (Å²) in [6, 6.07) is 20.6. The maximum atomic E-state index is 12.4. The number of anilines is 1. The number of carbonyl (C=O) groups excluding carboxylic acids is 1. The van der Waals surface area contributed by atoms with Crippen molar-refractivity contribution < 1.29 is 13.9 Å². The third-order valence-electron chi connectivity index (χ3n) is 4.71. The predicted octanol–water partition coefficient (Wildman–Crippen LogP) is 4.86. The van der Waals surface area contributed by atoms with Gasteiger partial charge in [0.25, 0.3) is 5.91 Å². The van der Waals surface area contributed by atoms with E-state index in [1.807, 2.05) is 49.4 Å². The third kappa shape index (κ3) is 5.07. The number of rotatable bonds is 5. The van der Waals surface area contributed by atoms with Crippen LogP contribution >= 0.6 is 12.2 Å². The van der Waals surface area contributed by atoms with Crippen LogP contribution < -0.4 is 15.4 Å². The number of methoxy groups -OCH3 is 1. The van der Waals surface area contributed by atoms with Crippen molar-refractivity contribution in [3.8, 4) is 5.75 Å². The van der Waals surface area contributed by atoms with E-state index in [9.17, 15) is 4.79 Å². The Morgan fingerprint density at radius 3 is 2.68 bits per heavy atom. The van der Waals surface area contributed by atoms with Gasteiger partial charge in [0.2, 0.25) is 0 Å². The molecule has 7 heteroatoms. The fourth-order valence-electron chi connectivity index (χ4n) is 3.14. The maximum absolute atomic E-state index is 12.4. The zero-order chi connectivity index (χ0) is 21.8. The Kier molecular flexibility index (Phi) is 5.95. The average Bonchev–Trinajstić information content (AvgIpc) is 3.16. The highest BCUT2D eigenvalue weighted by Gasteiger charge is 2.10. The van der Waals surface area contributed by atoms with Crippen molar-refractivity contribution in [1.82, 2.24) is 10.3 Å². The van der Waals surface area contributed by atoms with Gasteiger partial charge < -0.3 is 14.5 Å². The van der Waals surface area contributed by atoms with Crippen LogP contribution in [0.15, 0.2) is 71.1 Å². The molecule has 4 rings (SSSR count). The van der Waals surface area contributed by atoms with Crippen molar-refractivity contribution in [3.05, 3.63) is 89.3 Å². The Labute approximate surface area is 185 Å². The molecular weight excluding hydrogens is 410 g/mol. The Morgan fingerprint density at radius 1 is 1.10 bits per heavy atom. The smallest absolute Gasteiger partial charge is 0.257 e. The second-order valence-electron chi connectivity index (χ2n) is 7.09. The maximum Gasteiger partial charge on any atom is 0.257 e. The van der Waals surface area contributed by atoms with Gasteiger partial charge in [0.15, 0.2) is 16.6 Å². The van der Waals surface area contributed by atoms with Crippen LogP contribution in [0.5, 0.6) is 5.75 Å². The lowest BCUT2D eigenvalue weighted by molar-refractivity contribution is 0.0977. The topological polar surface area (TPSA) is 76.4 Å². The molecule has 3 aromatic carbocycles. The molecule has 0 saturated carbocycles. The zero-order valence-corrected chi connectivity index (χ0v) is 18.0. The Morgan fingerprint density at radius 2 is 1.90 bits per heavy atom. The number of oxazole rings is 1. The first kappa shape index (κ1) is 20.6. The molecule has 1 heterocycles. The number of fused-ring (bicyclic) bond motifs is 1. The van der Waals surface area contributed by atoms with Gasteiger partial charge in [0.1, 0.15) is 11.3 Å². The van der Waals surface area contributed by atoms with Crippen LogP contribution in [0.2, 0.25) is 0 Å². The van der Waals surface area contributed by atoms with Crippen LogP contribution in [-0.2, 0) is 6.42 Å². The Balaban J connectivity index is 1.36. The molecule has 0 unspecified atom stereocenters. The van der Waals surface area contributed by atoms with Crippen LogP contribution in [-0.4, -0.2) is 23.1 Å². The monoisotopic (exact) mass is 431 g/mol. The second-order valence-corrected chi connectivity index (χ2v) is 7.50. The van der Waals surface area contributed by atoms with Crippen LogP contribution in [0.4, 0.5) is 5.69 Å². The molecule has 0 radical (unpaired) electrons. The van der Waals surface area contributed by atoms with Crippen molar-refractivity contribution in [2.24, 2.45) is 0 Å². The van der Waals surface area contributed by atoms with Gasteiger partial charge in [-0.3, -0.25) is 10.1 Å². The van der Waals surface area contributed by atoms with Gasteiger partial charge in [-0.15, -0.1) is 0 Å². The predicted molar refractivity (Wildman–Crippen MR) is 125 cm³/mol. The molecule has 0 saturated heterocycles. The summed E-state index contributed by atoms with van der Waals surface area (Å²) in [5.41, 5.74) is 5.10. The number of carbonyl (C=O) groups is 1. The molecule has 0 spiro atoms. The van der Waals surface area contributed by atoms with Crippen LogP contribution in [0, 0.1) is 6.92 Å². The van der Waals surface area contributed by atoms with E-state index in [1.165, 1.54) is 0 Å². The summed E-state index contributed by atoms with van der Waals surface area (Å²) < 4.78 is 11.0. The standard InChI is InChI=1S/C24H21N3O3S/c1-15-6-11-21-20(12-15)26-22(30-21)13-16-7-9-18(10-8-16)25-24(31)27-23(28)17-4-3-5-19(14-17)29-2/h3-12,14H,13H2,1-2H3,(H2,25,27,28,31). The number of aromatic nitrogens is 1. The van der Waals surface area contributed by atoms with E-state index in [4.69, 9.17) is 21.4 Å². The fraction of sp³-hybridized carbons (Fsp3) is 0.125. The van der Waals surface area contributed by atoms with Crippen molar-refractivity contribution in [1.29, 1.82) is 0 Å². The highest BCUT2D eigenvalue weighted by molar-refractivity contribution is 7.80. The van der Waals surface area contributed by atoms with Gasteiger partial charge >= 0.3 is 0 Å². The molecule has 4 aromatic rings. The molecule has 6 nitrogen and oxygen atoms in total. The van der Waals surface area contributed by atoms with Crippen LogP contribution in [0.1, 0.15) is 27.4 Å². The molecular formula is C24H21N3O3S. The summed E-state index contributed by atoms with van der Waals surface area (Å²) in [5, 5.41) is 5.91. The van der Waals surface area contributed by atoms with Gasteiger partial charge in [0, 0.05) is 17.7 Å². The van der Waals surface area contributed by atoms with E-state index in [2.05, 4.69) is 15.6 Å². The molecule has 156 valence electrons. The highest BCUT2D eigenvalue weighted by atomic mass is 32.1. The Hall–Kier alpha value is -3.71. The molecule has 1 aromatic heterocycles. The molecule has 0 fully saturated rings. The second kappa shape index (κ2) is 8.97. The molecule has 0 aliphatic carbocycles. The molecule has 0 aliphatic heterocycles. The number of nitrogens with zero attached hydrogens (tertiary/aromatic N) is 1. The summed E-state index contributed by atoms with van der Waals surface area (Å²) in [6.45, 7) is 2.03. The molecule has 0 atom stereocenters. The number of amides is 1. The minimum absolute atomic E-state index is 0.217. The number of ether oxygens (including phenoxy) is 1. The summed E-state index contributed by atoms with van der Waals surface area (Å²) in [5.74, 6) is 0.970. The van der Waals surface area contributed by atoms with E-state index in [0.29, 0.717) is 23.6 Å². The molecule has 0 aliphatic rings. The van der Waals surface area contributed by atoms with Crippen molar-refractivity contribution >= 4 is 40.0 Å². The molecule has 31 heavy (non-hydrogen) atoms. The lowest BCUT2D eigenvalue weighted by atomic mass is 10.1. The number of hydrogen-bond acceptors (Lipinski definition) is 5. The van der Waals surface area contributed by atoms with Crippen LogP contribution in [0.25, 0.3) is 11.1 Å². The Bertz CT molecular complexity index is 1250. The lowest BCUT2D eigenvalue weighted by Crippen LogP contribution is -2.34. The lowest BCUT2D eigenvalue weighted by Gasteiger charge is -2.10. The largest absolute Gasteiger partial charge is 0.497 e. The molecule has 2 N–H and O–H groups in total. The average molecular weight is 432 g/mol. The summed E-state index contributed by atoms with van der Waals surface area (Å²) >= 11 is 5.26. The summed E-state index contributed by atoms with van der Waals surface area (Å²) in [7, 11) is 1.55. The first-order valence-electron chi connectivity index (χ1n) is 9.71. The first-order chi connectivity index (χ1) is 15.0. The highest BCUT2D eigenvalue weighted by Crippen LogP contribution is 2.20. The summed E-state index contributed by atoms with van der Waals surface area (Å²) in [6.07, 6.45) is 0.588. The summed E-state index contributed by atoms with van der Waals surface area (Å²) in [4.78, 5) is 16.9. The van der Waals surface area contributed by atoms with Crippen molar-refractivity contribution in [2.75, 3.05) is 12.4 Å².